The van der Waals surface area contributed by atoms with Gasteiger partial charge >= 0.3 is 0 Å². The van der Waals surface area contributed by atoms with Gasteiger partial charge in [-0.05, 0) is 18.1 Å². The van der Waals surface area contributed by atoms with Crippen LogP contribution in [0.3, 0.4) is 0 Å². The summed E-state index contributed by atoms with van der Waals surface area (Å²) in [5.74, 6) is 1.45. The summed E-state index contributed by atoms with van der Waals surface area (Å²) in [5.41, 5.74) is 3.44. The van der Waals surface area contributed by atoms with E-state index in [-0.39, 0.29) is 5.60 Å². The van der Waals surface area contributed by atoms with Crippen molar-refractivity contribution in [2.75, 3.05) is 0 Å². The SMILES string of the molecule is C=C1C[C@@H]2c3ccccc3O[C@]12c1ccccc1. The molecule has 88 valence electrons. The van der Waals surface area contributed by atoms with Crippen molar-refractivity contribution in [2.24, 2.45) is 0 Å². The van der Waals surface area contributed by atoms with Crippen LogP contribution >= 0.6 is 0 Å². The van der Waals surface area contributed by atoms with E-state index in [1.165, 1.54) is 16.7 Å². The molecule has 0 unspecified atom stereocenters. The van der Waals surface area contributed by atoms with E-state index < -0.39 is 0 Å². The molecule has 0 amide bonds. The van der Waals surface area contributed by atoms with Crippen LogP contribution in [0.25, 0.3) is 0 Å². The minimum absolute atomic E-state index is 0.301. The normalized spacial score (nSPS) is 28.0. The molecule has 1 fully saturated rings. The predicted octanol–water partition coefficient (Wildman–Crippen LogP) is 4.02. The molecule has 1 heteroatoms. The summed E-state index contributed by atoms with van der Waals surface area (Å²) in [6, 6.07) is 18.8. The van der Waals surface area contributed by atoms with Crippen molar-refractivity contribution in [2.45, 2.75) is 17.9 Å². The Morgan fingerprint density at radius 2 is 1.72 bits per heavy atom. The Morgan fingerprint density at radius 3 is 2.50 bits per heavy atom. The number of benzene rings is 2. The van der Waals surface area contributed by atoms with Crippen LogP contribution in [0.1, 0.15) is 23.5 Å². The van der Waals surface area contributed by atoms with E-state index in [0.29, 0.717) is 5.92 Å². The minimum atomic E-state index is -0.301. The van der Waals surface area contributed by atoms with Gasteiger partial charge in [0.05, 0.1) is 0 Å². The lowest BCUT2D eigenvalue weighted by Crippen LogP contribution is -2.45. The smallest absolute Gasteiger partial charge is 0.162 e. The highest BCUT2D eigenvalue weighted by Gasteiger charge is 2.59. The summed E-state index contributed by atoms with van der Waals surface area (Å²) in [6.07, 6.45) is 1.03. The Hall–Kier alpha value is -2.02. The summed E-state index contributed by atoms with van der Waals surface area (Å²) in [5, 5.41) is 0. The number of hydrogen-bond donors (Lipinski definition) is 0. The maximum Gasteiger partial charge on any atom is 0.162 e. The van der Waals surface area contributed by atoms with E-state index in [2.05, 4.69) is 49.0 Å². The Balaban J connectivity index is 1.90. The summed E-state index contributed by atoms with van der Waals surface area (Å²) >= 11 is 0. The lowest BCUT2D eigenvalue weighted by molar-refractivity contribution is 0.0570. The molecule has 0 bridgehead atoms. The average molecular weight is 234 g/mol. The van der Waals surface area contributed by atoms with Crippen LogP contribution in [-0.2, 0) is 5.60 Å². The van der Waals surface area contributed by atoms with Crippen molar-refractivity contribution in [1.82, 2.24) is 0 Å². The van der Waals surface area contributed by atoms with E-state index in [9.17, 15) is 0 Å². The molecule has 0 spiro atoms. The van der Waals surface area contributed by atoms with Crippen LogP contribution in [0, 0.1) is 0 Å². The van der Waals surface area contributed by atoms with Gasteiger partial charge < -0.3 is 4.74 Å². The lowest BCUT2D eigenvalue weighted by atomic mass is 9.61. The fourth-order valence-electron chi connectivity index (χ4n) is 3.31. The number of rotatable bonds is 1. The van der Waals surface area contributed by atoms with Gasteiger partial charge in [-0.25, -0.2) is 0 Å². The molecule has 0 N–H and O–H groups in total. The van der Waals surface area contributed by atoms with Crippen LogP contribution < -0.4 is 4.74 Å². The summed E-state index contributed by atoms with van der Waals surface area (Å²) in [6.45, 7) is 4.21. The van der Waals surface area contributed by atoms with Gasteiger partial charge in [0.15, 0.2) is 5.60 Å². The first kappa shape index (κ1) is 9.95. The van der Waals surface area contributed by atoms with Crippen LogP contribution in [0.4, 0.5) is 0 Å². The third-order valence-electron chi connectivity index (χ3n) is 4.23. The second kappa shape index (κ2) is 3.26. The molecule has 2 aromatic carbocycles. The molecular formula is C17H14O. The minimum Gasteiger partial charge on any atom is -0.477 e. The zero-order valence-corrected chi connectivity index (χ0v) is 10.1. The van der Waals surface area contributed by atoms with E-state index in [1.54, 1.807) is 0 Å². The molecule has 18 heavy (non-hydrogen) atoms. The molecule has 0 saturated heterocycles. The molecule has 1 heterocycles. The number of para-hydroxylation sites is 1. The number of ether oxygens (including phenoxy) is 1. The molecule has 1 aliphatic heterocycles. The topological polar surface area (TPSA) is 9.23 Å². The van der Waals surface area contributed by atoms with Gasteiger partial charge in [0.2, 0.25) is 0 Å². The van der Waals surface area contributed by atoms with Gasteiger partial charge in [0.25, 0.3) is 0 Å². The highest BCUT2D eigenvalue weighted by molar-refractivity contribution is 5.56. The third-order valence-corrected chi connectivity index (χ3v) is 4.23. The molecular weight excluding hydrogens is 220 g/mol. The Kier molecular flexibility index (Phi) is 1.80. The molecule has 1 saturated carbocycles. The molecule has 0 radical (unpaired) electrons. The number of fused-ring (bicyclic) bond motifs is 3. The summed E-state index contributed by atoms with van der Waals surface area (Å²) in [4.78, 5) is 0. The van der Waals surface area contributed by atoms with Gasteiger partial charge in [-0.2, -0.15) is 0 Å². The highest BCUT2D eigenvalue weighted by atomic mass is 16.5. The fourth-order valence-corrected chi connectivity index (χ4v) is 3.31. The van der Waals surface area contributed by atoms with E-state index in [0.717, 1.165) is 12.2 Å². The molecule has 0 aromatic heterocycles. The molecule has 2 atom stereocenters. The standard InChI is InChI=1S/C17H14O/c1-12-11-15-14-9-5-6-10-16(14)18-17(12,15)13-7-3-2-4-8-13/h2-10,15H,1,11H2/t15-,17+/m1/s1. The van der Waals surface area contributed by atoms with Crippen molar-refractivity contribution in [3.05, 3.63) is 77.9 Å². The van der Waals surface area contributed by atoms with Gasteiger partial charge in [-0.1, -0.05) is 55.1 Å². The largest absolute Gasteiger partial charge is 0.477 e. The van der Waals surface area contributed by atoms with Crippen molar-refractivity contribution >= 4 is 0 Å². The van der Waals surface area contributed by atoms with E-state index in [4.69, 9.17) is 4.74 Å². The fraction of sp³-hybridized carbons (Fsp3) is 0.176. The monoisotopic (exact) mass is 234 g/mol. The van der Waals surface area contributed by atoms with Crippen LogP contribution in [-0.4, -0.2) is 0 Å². The van der Waals surface area contributed by atoms with Crippen molar-refractivity contribution in [3.63, 3.8) is 0 Å². The first-order valence-corrected chi connectivity index (χ1v) is 6.34. The van der Waals surface area contributed by atoms with Gasteiger partial charge in [-0.15, -0.1) is 0 Å². The Labute approximate surface area is 107 Å². The molecule has 4 rings (SSSR count). The van der Waals surface area contributed by atoms with Gasteiger partial charge in [-0.3, -0.25) is 0 Å². The highest BCUT2D eigenvalue weighted by Crippen LogP contribution is 2.64. The van der Waals surface area contributed by atoms with E-state index in [1.807, 2.05) is 12.1 Å². The first-order valence-electron chi connectivity index (χ1n) is 6.34. The Morgan fingerprint density at radius 1 is 1.00 bits per heavy atom. The molecule has 1 nitrogen and oxygen atoms in total. The van der Waals surface area contributed by atoms with Crippen molar-refractivity contribution < 1.29 is 4.74 Å². The van der Waals surface area contributed by atoms with Crippen molar-refractivity contribution in [1.29, 1.82) is 0 Å². The summed E-state index contributed by atoms with van der Waals surface area (Å²) in [7, 11) is 0. The lowest BCUT2D eigenvalue weighted by Gasteiger charge is -2.46. The average Bonchev–Trinajstić information content (AvgIpc) is 2.70. The second-order valence-corrected chi connectivity index (χ2v) is 5.10. The second-order valence-electron chi connectivity index (χ2n) is 5.10. The molecule has 2 aliphatic rings. The maximum atomic E-state index is 6.29. The maximum absolute atomic E-state index is 6.29. The first-order chi connectivity index (χ1) is 8.82. The quantitative estimate of drug-likeness (QED) is 0.677. The summed E-state index contributed by atoms with van der Waals surface area (Å²) < 4.78 is 6.29. The Bertz CT molecular complexity index is 629. The van der Waals surface area contributed by atoms with Crippen LogP contribution in [0.2, 0.25) is 0 Å². The van der Waals surface area contributed by atoms with Crippen LogP contribution in [0.15, 0.2) is 66.7 Å². The third kappa shape index (κ3) is 1.02. The van der Waals surface area contributed by atoms with Crippen molar-refractivity contribution in [3.8, 4) is 5.75 Å². The van der Waals surface area contributed by atoms with Crippen LogP contribution in [0.5, 0.6) is 5.75 Å². The van der Waals surface area contributed by atoms with Gasteiger partial charge in [0, 0.05) is 17.0 Å². The predicted molar refractivity (Wildman–Crippen MR) is 71.7 cm³/mol. The number of hydrogen-bond acceptors (Lipinski definition) is 1. The molecule has 2 aromatic rings. The molecule has 1 aliphatic carbocycles. The zero-order chi connectivity index (χ0) is 12.2. The van der Waals surface area contributed by atoms with E-state index >= 15 is 0 Å². The van der Waals surface area contributed by atoms with Gasteiger partial charge in [0.1, 0.15) is 5.75 Å². The zero-order valence-electron chi connectivity index (χ0n) is 10.1.